The van der Waals surface area contributed by atoms with Gasteiger partial charge in [0.05, 0.1) is 19.3 Å². The number of halogens is 4. The molecule has 0 radical (unpaired) electrons. The van der Waals surface area contributed by atoms with Crippen molar-refractivity contribution < 1.29 is 41.4 Å². The summed E-state index contributed by atoms with van der Waals surface area (Å²) in [7, 11) is 1.09. The van der Waals surface area contributed by atoms with Gasteiger partial charge in [0, 0.05) is 10.4 Å². The van der Waals surface area contributed by atoms with Gasteiger partial charge in [0.1, 0.15) is 10.8 Å². The maximum atomic E-state index is 14.5. The molecule has 0 saturated heterocycles. The van der Waals surface area contributed by atoms with Crippen LogP contribution in [0.1, 0.15) is 50.9 Å². The highest BCUT2D eigenvalue weighted by molar-refractivity contribution is 7.16. The molecule has 2 N–H and O–H groups in total. The number of thiophene rings is 1. The van der Waals surface area contributed by atoms with E-state index in [9.17, 15) is 31.9 Å². The van der Waals surface area contributed by atoms with Crippen molar-refractivity contribution in [2.24, 2.45) is 0 Å². The Morgan fingerprint density at radius 3 is 2.32 bits per heavy atom. The largest absolute Gasteiger partial charge is 0.465 e. The molecule has 34 heavy (non-hydrogen) atoms. The minimum atomic E-state index is -5.40. The third-order valence-electron chi connectivity index (χ3n) is 5.28. The van der Waals surface area contributed by atoms with E-state index in [-0.39, 0.29) is 16.1 Å². The lowest BCUT2D eigenvalue weighted by Crippen LogP contribution is -2.69. The van der Waals surface area contributed by atoms with Crippen LogP contribution in [0.15, 0.2) is 24.3 Å². The maximum absolute atomic E-state index is 14.5. The van der Waals surface area contributed by atoms with Gasteiger partial charge in [-0.2, -0.15) is 13.2 Å². The normalized spacial score (nSPS) is 15.0. The molecule has 2 aromatic rings. The third-order valence-corrected chi connectivity index (χ3v) is 6.48. The van der Waals surface area contributed by atoms with Crippen molar-refractivity contribution in [3.8, 4) is 0 Å². The highest BCUT2D eigenvalue weighted by atomic mass is 32.1. The summed E-state index contributed by atoms with van der Waals surface area (Å²) < 4.78 is 66.3. The predicted octanol–water partition coefficient (Wildman–Crippen LogP) is 4.22. The third kappa shape index (κ3) is 4.86. The summed E-state index contributed by atoms with van der Waals surface area (Å²) in [4.78, 5) is 38.6. The number of methoxy groups -OCH3 is 1. The molecule has 0 aliphatic heterocycles. The Balaban J connectivity index is 2.13. The molecule has 0 fully saturated rings. The fourth-order valence-electron chi connectivity index (χ4n) is 3.62. The maximum Gasteiger partial charge on any atom is 0.441 e. The molecule has 7 nitrogen and oxygen atoms in total. The predicted molar refractivity (Wildman–Crippen MR) is 115 cm³/mol. The van der Waals surface area contributed by atoms with Crippen LogP contribution in [0.4, 0.5) is 22.6 Å². The van der Waals surface area contributed by atoms with Gasteiger partial charge < -0.3 is 20.1 Å². The molecular formula is C22H22F4N2O5S. The first-order chi connectivity index (χ1) is 16.0. The van der Waals surface area contributed by atoms with Crippen LogP contribution >= 0.6 is 11.3 Å². The van der Waals surface area contributed by atoms with E-state index < -0.39 is 42.1 Å². The first kappa shape index (κ1) is 25.5. The standard InChI is InChI=1S/C22H22F4N2O5S/c1-3-33-20(31)21(22(24,25)26,27-17(29)12-8-10-13(23)11-9-12)28-18-16(19(30)32-2)14-6-4-5-7-15(14)34-18/h8-11,28H,3-7H2,1-2H3,(H,27,29)/t21-/m1/s1. The second kappa shape index (κ2) is 10.00. The molecule has 1 heterocycles. The zero-order valence-corrected chi connectivity index (χ0v) is 19.1. The van der Waals surface area contributed by atoms with Gasteiger partial charge in [-0.3, -0.25) is 4.79 Å². The van der Waals surface area contributed by atoms with Gasteiger partial charge >= 0.3 is 23.8 Å². The van der Waals surface area contributed by atoms with Crippen LogP contribution < -0.4 is 10.6 Å². The van der Waals surface area contributed by atoms with E-state index in [2.05, 4.69) is 10.1 Å². The van der Waals surface area contributed by atoms with Gasteiger partial charge in [-0.05, 0) is 62.4 Å². The fourth-order valence-corrected chi connectivity index (χ4v) is 4.95. The average molecular weight is 502 g/mol. The highest BCUT2D eigenvalue weighted by Gasteiger charge is 2.64. The number of aryl methyl sites for hydroxylation is 1. The Bertz CT molecular complexity index is 1080. The first-order valence-corrected chi connectivity index (χ1v) is 11.2. The molecule has 1 aromatic carbocycles. The molecule has 1 aromatic heterocycles. The van der Waals surface area contributed by atoms with E-state index in [1.807, 2.05) is 0 Å². The van der Waals surface area contributed by atoms with E-state index in [1.54, 1.807) is 5.32 Å². The van der Waals surface area contributed by atoms with E-state index in [4.69, 9.17) is 4.74 Å². The molecule has 0 saturated carbocycles. The molecule has 1 atom stereocenters. The van der Waals surface area contributed by atoms with Crippen molar-refractivity contribution in [2.45, 2.75) is 44.4 Å². The molecule has 1 aliphatic rings. The number of benzene rings is 1. The topological polar surface area (TPSA) is 93.7 Å². The van der Waals surface area contributed by atoms with E-state index in [0.29, 0.717) is 23.3 Å². The van der Waals surface area contributed by atoms with Gasteiger partial charge in [0.25, 0.3) is 5.91 Å². The van der Waals surface area contributed by atoms with Crippen molar-refractivity contribution >= 4 is 34.2 Å². The smallest absolute Gasteiger partial charge is 0.441 e. The average Bonchev–Trinajstić information content (AvgIpc) is 3.15. The summed E-state index contributed by atoms with van der Waals surface area (Å²) in [6, 6.07) is 3.73. The number of fused-ring (bicyclic) bond motifs is 1. The van der Waals surface area contributed by atoms with Crippen molar-refractivity contribution in [1.29, 1.82) is 0 Å². The van der Waals surface area contributed by atoms with Gasteiger partial charge in [-0.25, -0.2) is 14.0 Å². The number of hydrogen-bond donors (Lipinski definition) is 2. The molecule has 3 rings (SSSR count). The minimum Gasteiger partial charge on any atom is -0.465 e. The van der Waals surface area contributed by atoms with Crippen molar-refractivity contribution in [3.05, 3.63) is 51.7 Å². The molecule has 0 unspecified atom stereocenters. The Labute approximate surface area is 196 Å². The Morgan fingerprint density at radius 2 is 1.74 bits per heavy atom. The highest BCUT2D eigenvalue weighted by Crippen LogP contribution is 2.42. The summed E-state index contributed by atoms with van der Waals surface area (Å²) in [6.45, 7) is 0.903. The van der Waals surface area contributed by atoms with E-state index in [0.717, 1.165) is 55.6 Å². The van der Waals surface area contributed by atoms with Crippen molar-refractivity contribution in [2.75, 3.05) is 19.0 Å². The lowest BCUT2D eigenvalue weighted by molar-refractivity contribution is -0.204. The van der Waals surface area contributed by atoms with Crippen LogP contribution in [-0.2, 0) is 27.1 Å². The van der Waals surface area contributed by atoms with Crippen LogP contribution in [0.2, 0.25) is 0 Å². The van der Waals surface area contributed by atoms with E-state index in [1.165, 1.54) is 6.92 Å². The van der Waals surface area contributed by atoms with Crippen LogP contribution in [0.25, 0.3) is 0 Å². The Morgan fingerprint density at radius 1 is 1.09 bits per heavy atom. The van der Waals surface area contributed by atoms with Crippen molar-refractivity contribution in [1.82, 2.24) is 5.32 Å². The van der Waals surface area contributed by atoms with Gasteiger partial charge in [0.2, 0.25) is 0 Å². The summed E-state index contributed by atoms with van der Waals surface area (Å²) in [5.74, 6) is -4.69. The summed E-state index contributed by atoms with van der Waals surface area (Å²) in [6.07, 6.45) is -2.87. The number of rotatable bonds is 7. The van der Waals surface area contributed by atoms with Gasteiger partial charge in [-0.1, -0.05) is 0 Å². The molecule has 1 amide bonds. The van der Waals surface area contributed by atoms with Crippen LogP contribution in [0, 0.1) is 5.82 Å². The number of anilines is 1. The van der Waals surface area contributed by atoms with Gasteiger partial charge in [0.15, 0.2) is 0 Å². The van der Waals surface area contributed by atoms with Crippen LogP contribution in [0.5, 0.6) is 0 Å². The Kier molecular flexibility index (Phi) is 7.49. The molecule has 1 aliphatic carbocycles. The Hall–Kier alpha value is -3.15. The lowest BCUT2D eigenvalue weighted by atomic mass is 9.95. The summed E-state index contributed by atoms with van der Waals surface area (Å²) in [5.41, 5.74) is -3.61. The number of alkyl halides is 3. The number of esters is 2. The number of carbonyl (C=O) groups is 3. The van der Waals surface area contributed by atoms with Gasteiger partial charge in [-0.15, -0.1) is 11.3 Å². The number of hydrogen-bond acceptors (Lipinski definition) is 7. The monoisotopic (exact) mass is 502 g/mol. The number of amides is 1. The number of carbonyl (C=O) groups excluding carboxylic acids is 3. The molecule has 0 spiro atoms. The zero-order valence-electron chi connectivity index (χ0n) is 18.3. The second-order valence-corrected chi connectivity index (χ2v) is 8.57. The summed E-state index contributed by atoms with van der Waals surface area (Å²) in [5, 5.41) is 3.49. The lowest BCUT2D eigenvalue weighted by Gasteiger charge is -2.35. The van der Waals surface area contributed by atoms with Crippen molar-refractivity contribution in [3.63, 3.8) is 0 Å². The zero-order chi connectivity index (χ0) is 25.1. The van der Waals surface area contributed by atoms with Crippen LogP contribution in [-0.4, -0.2) is 43.4 Å². The molecule has 12 heteroatoms. The SMILES string of the molecule is CCOC(=O)[C@@](NC(=O)c1ccc(F)cc1)(Nc1sc2c(c1C(=O)OC)CCCC2)C(F)(F)F. The number of nitrogens with one attached hydrogen (secondary N) is 2. The molecule has 184 valence electrons. The van der Waals surface area contributed by atoms with Crippen LogP contribution in [0.3, 0.4) is 0 Å². The fraction of sp³-hybridized carbons (Fsp3) is 0.409. The quantitative estimate of drug-likeness (QED) is 0.335. The summed E-state index contributed by atoms with van der Waals surface area (Å²) >= 11 is 0.888. The first-order valence-electron chi connectivity index (χ1n) is 10.4. The molecular weight excluding hydrogens is 480 g/mol. The molecule has 0 bridgehead atoms. The van der Waals surface area contributed by atoms with E-state index >= 15 is 0 Å². The minimum absolute atomic E-state index is 0.115. The number of ether oxygens (including phenoxy) is 2. The second-order valence-electron chi connectivity index (χ2n) is 7.46.